The van der Waals surface area contributed by atoms with E-state index < -0.39 is 23.3 Å². The Labute approximate surface area is 170 Å². The third-order valence-electron chi connectivity index (χ3n) is 3.73. The molecule has 2 aromatic rings. The van der Waals surface area contributed by atoms with E-state index in [9.17, 15) is 17.6 Å². The molecule has 0 saturated carbocycles. The number of nitrogens with one attached hydrogen (secondary N) is 1. The highest BCUT2D eigenvalue weighted by Crippen LogP contribution is 2.26. The molecule has 4 nitrogen and oxygen atoms in total. The van der Waals surface area contributed by atoms with E-state index in [4.69, 9.17) is 10.5 Å². The lowest BCUT2D eigenvalue weighted by atomic mass is 10.1. The number of methoxy groups -OCH3 is 1. The van der Waals surface area contributed by atoms with E-state index in [2.05, 4.69) is 16.9 Å². The lowest BCUT2D eigenvalue weighted by Crippen LogP contribution is -2.09. The number of nitrogens with two attached hydrogens (primary N) is 1. The van der Waals surface area contributed by atoms with E-state index in [0.717, 1.165) is 18.2 Å². The second-order valence-electron chi connectivity index (χ2n) is 5.76. The highest BCUT2D eigenvalue weighted by Gasteiger charge is 2.17. The molecule has 0 fully saturated rings. The number of halogens is 4. The number of allylic oxidation sites excluding steroid dienone is 1. The van der Waals surface area contributed by atoms with Gasteiger partial charge in [0.25, 0.3) is 0 Å². The second-order valence-corrected chi connectivity index (χ2v) is 6.62. The van der Waals surface area contributed by atoms with Crippen molar-refractivity contribution in [2.45, 2.75) is 5.75 Å². The smallest absolute Gasteiger partial charge is 0.165 e. The predicted octanol–water partition coefficient (Wildman–Crippen LogP) is 5.12. The maximum atomic E-state index is 14.4. The molecule has 3 N–H and O–H groups in total. The number of ether oxygens (including phenoxy) is 1. The summed E-state index contributed by atoms with van der Waals surface area (Å²) in [7, 11) is 1.29. The number of nitrogens with zero attached hydrogens (tertiary/aromatic N) is 1. The van der Waals surface area contributed by atoms with Crippen LogP contribution in [0.15, 0.2) is 59.8 Å². The zero-order valence-electron chi connectivity index (χ0n) is 15.7. The van der Waals surface area contributed by atoms with Crippen molar-refractivity contribution in [1.29, 1.82) is 0 Å². The number of rotatable bonds is 8. The summed E-state index contributed by atoms with van der Waals surface area (Å²) < 4.78 is 60.5. The largest absolute Gasteiger partial charge is 0.496 e. The molecule has 0 unspecified atom stereocenters. The Hall–Kier alpha value is -2.94. The SMILES string of the molecule is C=C(/N=C(\C(F)=C/N)c1ccc(F)cc1OC)Nc1cc(F)c(F)c(CSC)c1. The Balaban J connectivity index is 2.42. The van der Waals surface area contributed by atoms with Gasteiger partial charge in [0.1, 0.15) is 23.1 Å². The summed E-state index contributed by atoms with van der Waals surface area (Å²) in [5.41, 5.74) is 5.47. The summed E-state index contributed by atoms with van der Waals surface area (Å²) in [6.45, 7) is 3.66. The van der Waals surface area contributed by atoms with Crippen LogP contribution in [0, 0.1) is 17.5 Å². The highest BCUT2D eigenvalue weighted by atomic mass is 32.2. The van der Waals surface area contributed by atoms with Gasteiger partial charge in [0.05, 0.1) is 7.11 Å². The molecule has 9 heteroatoms. The van der Waals surface area contributed by atoms with Crippen molar-refractivity contribution < 1.29 is 22.3 Å². The lowest BCUT2D eigenvalue weighted by molar-refractivity contribution is 0.410. The zero-order valence-corrected chi connectivity index (χ0v) is 16.5. The first-order valence-electron chi connectivity index (χ1n) is 8.23. The third kappa shape index (κ3) is 5.54. The summed E-state index contributed by atoms with van der Waals surface area (Å²) in [6, 6.07) is 5.79. The van der Waals surface area contributed by atoms with Crippen molar-refractivity contribution in [1.82, 2.24) is 0 Å². The fourth-order valence-corrected chi connectivity index (χ4v) is 3.01. The Morgan fingerprint density at radius 3 is 2.62 bits per heavy atom. The number of hydrogen-bond acceptors (Lipinski definition) is 5. The van der Waals surface area contributed by atoms with Gasteiger partial charge in [0, 0.05) is 40.9 Å². The van der Waals surface area contributed by atoms with E-state index in [1.54, 1.807) is 6.26 Å². The fourth-order valence-electron chi connectivity index (χ4n) is 2.49. The summed E-state index contributed by atoms with van der Waals surface area (Å²) in [5.74, 6) is -3.25. The van der Waals surface area contributed by atoms with Gasteiger partial charge < -0.3 is 15.8 Å². The van der Waals surface area contributed by atoms with Crippen LogP contribution in [0.1, 0.15) is 11.1 Å². The molecular weight excluding hydrogens is 406 g/mol. The van der Waals surface area contributed by atoms with Gasteiger partial charge in [-0.05, 0) is 24.5 Å². The average Bonchev–Trinajstić information content (AvgIpc) is 2.69. The number of thioether (sulfide) groups is 1. The molecule has 2 aromatic carbocycles. The van der Waals surface area contributed by atoms with Gasteiger partial charge in [0.2, 0.25) is 0 Å². The van der Waals surface area contributed by atoms with Crippen molar-refractivity contribution in [3.8, 4) is 5.75 Å². The molecule has 154 valence electrons. The number of anilines is 1. The molecule has 2 rings (SSSR count). The van der Waals surface area contributed by atoms with Crippen molar-refractivity contribution in [2.75, 3.05) is 18.7 Å². The van der Waals surface area contributed by atoms with Gasteiger partial charge in [0.15, 0.2) is 17.5 Å². The molecule has 0 aliphatic carbocycles. The van der Waals surface area contributed by atoms with Gasteiger partial charge >= 0.3 is 0 Å². The van der Waals surface area contributed by atoms with Gasteiger partial charge in [-0.1, -0.05) is 6.58 Å². The maximum absolute atomic E-state index is 14.4. The quantitative estimate of drug-likeness (QED) is 0.455. The summed E-state index contributed by atoms with van der Waals surface area (Å²) >= 11 is 1.33. The number of hydrogen-bond donors (Lipinski definition) is 2. The molecule has 0 heterocycles. The Morgan fingerprint density at radius 1 is 1.28 bits per heavy atom. The molecule has 0 radical (unpaired) electrons. The van der Waals surface area contributed by atoms with Gasteiger partial charge in [-0.3, -0.25) is 0 Å². The van der Waals surface area contributed by atoms with E-state index >= 15 is 0 Å². The van der Waals surface area contributed by atoms with Crippen LogP contribution in [0.2, 0.25) is 0 Å². The lowest BCUT2D eigenvalue weighted by Gasteiger charge is -2.13. The molecular formula is C20H19F4N3OS. The van der Waals surface area contributed by atoms with E-state index in [-0.39, 0.29) is 39.8 Å². The maximum Gasteiger partial charge on any atom is 0.165 e. The summed E-state index contributed by atoms with van der Waals surface area (Å²) in [5, 5.41) is 2.69. The molecule has 0 bridgehead atoms. The molecule has 29 heavy (non-hydrogen) atoms. The minimum atomic E-state index is -1.04. The van der Waals surface area contributed by atoms with Crippen LogP contribution in [0.25, 0.3) is 0 Å². The van der Waals surface area contributed by atoms with Crippen molar-refractivity contribution in [3.05, 3.63) is 83.3 Å². The van der Waals surface area contributed by atoms with Crippen molar-refractivity contribution in [2.24, 2.45) is 10.7 Å². The summed E-state index contributed by atoms with van der Waals surface area (Å²) in [6.07, 6.45) is 2.44. The van der Waals surface area contributed by atoms with E-state index in [0.29, 0.717) is 6.20 Å². The molecule has 0 saturated heterocycles. The summed E-state index contributed by atoms with van der Waals surface area (Å²) in [4.78, 5) is 4.04. The molecule has 0 atom stereocenters. The number of benzene rings is 2. The van der Waals surface area contributed by atoms with Crippen LogP contribution in [-0.4, -0.2) is 19.1 Å². The Morgan fingerprint density at radius 2 is 2.00 bits per heavy atom. The first kappa shape index (κ1) is 22.4. The van der Waals surface area contributed by atoms with Crippen LogP contribution in [0.3, 0.4) is 0 Å². The second kappa shape index (κ2) is 10.0. The van der Waals surface area contributed by atoms with Crippen LogP contribution in [0.4, 0.5) is 23.2 Å². The average molecular weight is 425 g/mol. The minimum absolute atomic E-state index is 0.0311. The zero-order chi connectivity index (χ0) is 21.6. The van der Waals surface area contributed by atoms with Crippen molar-refractivity contribution >= 4 is 23.2 Å². The first-order valence-corrected chi connectivity index (χ1v) is 9.63. The standard InChI is InChI=1S/C20H19F4N3OS/c1-11(26-14-6-12(10-29-3)19(24)16(22)8-14)27-20(17(23)9-25)15-5-4-13(21)7-18(15)28-2/h4-9,26H,1,10,25H2,2-3H3/b17-9+,27-20-. The highest BCUT2D eigenvalue weighted by molar-refractivity contribution is 7.97. The first-order chi connectivity index (χ1) is 13.8. The topological polar surface area (TPSA) is 59.6 Å². The molecule has 0 aliphatic heterocycles. The fraction of sp³-hybridized carbons (Fsp3) is 0.150. The van der Waals surface area contributed by atoms with Crippen LogP contribution in [0.5, 0.6) is 5.75 Å². The molecule has 0 aliphatic rings. The molecule has 0 spiro atoms. The monoisotopic (exact) mass is 425 g/mol. The molecule has 0 aromatic heterocycles. The van der Waals surface area contributed by atoms with Gasteiger partial charge in [-0.25, -0.2) is 22.6 Å². The Bertz CT molecular complexity index is 976. The van der Waals surface area contributed by atoms with Crippen LogP contribution >= 0.6 is 11.8 Å². The van der Waals surface area contributed by atoms with E-state index in [1.807, 2.05) is 0 Å². The predicted molar refractivity (Wildman–Crippen MR) is 109 cm³/mol. The third-order valence-corrected chi connectivity index (χ3v) is 4.33. The normalized spacial score (nSPS) is 12.1. The van der Waals surface area contributed by atoms with Gasteiger partial charge in [-0.15, -0.1) is 0 Å². The van der Waals surface area contributed by atoms with Gasteiger partial charge in [-0.2, -0.15) is 11.8 Å². The Kier molecular flexibility index (Phi) is 7.72. The number of aliphatic imine (C=N–C) groups is 1. The van der Waals surface area contributed by atoms with Crippen LogP contribution in [-0.2, 0) is 5.75 Å². The minimum Gasteiger partial charge on any atom is -0.496 e. The molecule has 0 amide bonds. The van der Waals surface area contributed by atoms with E-state index in [1.165, 1.54) is 31.0 Å². The van der Waals surface area contributed by atoms with Crippen LogP contribution < -0.4 is 15.8 Å². The van der Waals surface area contributed by atoms with Crippen molar-refractivity contribution in [3.63, 3.8) is 0 Å².